The van der Waals surface area contributed by atoms with E-state index in [1.165, 1.54) is 36.0 Å². The number of nitrogens with zero attached hydrogens (tertiary/aromatic N) is 4. The number of nitrogen functional groups attached to an aromatic ring is 1. The SMILES string of the molecule is C[C@@H](NC(=O)OC(C)(C)C)C(=O)Nc1cn2nc(-c3cnc(N)c(C(F)(F)F)c3)ccc2n1. The summed E-state index contributed by atoms with van der Waals surface area (Å²) in [5, 5.41) is 9.17. The average molecular weight is 465 g/mol. The normalized spacial score (nSPS) is 12.9. The number of carbonyl (C=O) groups is 2. The fraction of sp³-hybridized carbons (Fsp3) is 0.350. The summed E-state index contributed by atoms with van der Waals surface area (Å²) >= 11 is 0. The zero-order valence-electron chi connectivity index (χ0n) is 18.2. The van der Waals surface area contributed by atoms with Crippen LogP contribution in [-0.2, 0) is 15.7 Å². The van der Waals surface area contributed by atoms with Gasteiger partial charge in [0.1, 0.15) is 17.5 Å². The van der Waals surface area contributed by atoms with E-state index in [4.69, 9.17) is 10.5 Å². The number of anilines is 2. The first-order valence-electron chi connectivity index (χ1n) is 9.73. The Balaban J connectivity index is 1.77. The summed E-state index contributed by atoms with van der Waals surface area (Å²) in [7, 11) is 0. The van der Waals surface area contributed by atoms with E-state index in [0.717, 1.165) is 6.07 Å². The molecule has 0 aliphatic rings. The van der Waals surface area contributed by atoms with Gasteiger partial charge in [-0.05, 0) is 45.9 Å². The number of imidazole rings is 1. The molecule has 176 valence electrons. The first-order valence-corrected chi connectivity index (χ1v) is 9.73. The number of ether oxygens (including phenoxy) is 1. The van der Waals surface area contributed by atoms with Crippen molar-refractivity contribution < 1.29 is 27.5 Å². The van der Waals surface area contributed by atoms with Gasteiger partial charge in [-0.25, -0.2) is 19.3 Å². The zero-order valence-corrected chi connectivity index (χ0v) is 18.2. The molecule has 0 spiro atoms. The van der Waals surface area contributed by atoms with Crippen LogP contribution in [0.5, 0.6) is 0 Å². The first kappa shape index (κ1) is 23.8. The van der Waals surface area contributed by atoms with Crippen molar-refractivity contribution in [2.24, 2.45) is 0 Å². The third-order valence-electron chi connectivity index (χ3n) is 4.22. The van der Waals surface area contributed by atoms with Crippen molar-refractivity contribution in [3.63, 3.8) is 0 Å². The number of fused-ring (bicyclic) bond motifs is 1. The van der Waals surface area contributed by atoms with E-state index in [0.29, 0.717) is 5.65 Å². The highest BCUT2D eigenvalue weighted by molar-refractivity contribution is 5.95. The Labute approximate surface area is 186 Å². The predicted molar refractivity (Wildman–Crippen MR) is 113 cm³/mol. The Morgan fingerprint density at radius 3 is 2.55 bits per heavy atom. The third kappa shape index (κ3) is 5.87. The van der Waals surface area contributed by atoms with Crippen molar-refractivity contribution in [3.8, 4) is 11.3 Å². The predicted octanol–water partition coefficient (Wildman–Crippen LogP) is 3.24. The van der Waals surface area contributed by atoms with Gasteiger partial charge in [0.25, 0.3) is 0 Å². The maximum absolute atomic E-state index is 13.1. The molecule has 4 N–H and O–H groups in total. The highest BCUT2D eigenvalue weighted by Gasteiger charge is 2.34. The van der Waals surface area contributed by atoms with Crippen LogP contribution in [0.3, 0.4) is 0 Å². The highest BCUT2D eigenvalue weighted by Crippen LogP contribution is 2.34. The molecule has 0 aromatic carbocycles. The number of alkyl halides is 3. The number of halogens is 3. The summed E-state index contributed by atoms with van der Waals surface area (Å²) in [5.41, 5.74) is 4.19. The van der Waals surface area contributed by atoms with Gasteiger partial charge in [-0.1, -0.05) is 0 Å². The van der Waals surface area contributed by atoms with Crippen LogP contribution in [-0.4, -0.2) is 43.2 Å². The van der Waals surface area contributed by atoms with Gasteiger partial charge in [0.15, 0.2) is 11.5 Å². The van der Waals surface area contributed by atoms with E-state index in [9.17, 15) is 22.8 Å². The Bertz CT molecular complexity index is 1200. The van der Waals surface area contributed by atoms with Gasteiger partial charge >= 0.3 is 12.3 Å². The van der Waals surface area contributed by atoms with Crippen molar-refractivity contribution in [2.45, 2.75) is 45.5 Å². The molecule has 3 aromatic heterocycles. The Morgan fingerprint density at radius 2 is 1.91 bits per heavy atom. The Kier molecular flexibility index (Phi) is 6.16. The number of hydrogen-bond acceptors (Lipinski definition) is 7. The number of amides is 2. The first-order chi connectivity index (χ1) is 15.2. The molecule has 33 heavy (non-hydrogen) atoms. The number of rotatable bonds is 4. The fourth-order valence-electron chi connectivity index (χ4n) is 2.72. The quantitative estimate of drug-likeness (QED) is 0.538. The van der Waals surface area contributed by atoms with Crippen LogP contribution in [0.2, 0.25) is 0 Å². The van der Waals surface area contributed by atoms with Crippen molar-refractivity contribution in [3.05, 3.63) is 36.2 Å². The number of pyridine rings is 1. The second-order valence-electron chi connectivity index (χ2n) is 8.16. The summed E-state index contributed by atoms with van der Waals surface area (Å²) < 4.78 is 45.8. The lowest BCUT2D eigenvalue weighted by atomic mass is 10.1. The van der Waals surface area contributed by atoms with Gasteiger partial charge < -0.3 is 21.1 Å². The average Bonchev–Trinajstić information content (AvgIpc) is 3.07. The monoisotopic (exact) mass is 465 g/mol. The number of hydrogen-bond donors (Lipinski definition) is 3. The van der Waals surface area contributed by atoms with Crippen LogP contribution in [0.15, 0.2) is 30.6 Å². The molecule has 0 aliphatic heterocycles. The van der Waals surface area contributed by atoms with Crippen LogP contribution in [0, 0.1) is 0 Å². The van der Waals surface area contributed by atoms with Gasteiger partial charge in [-0.15, -0.1) is 0 Å². The van der Waals surface area contributed by atoms with Crippen LogP contribution in [0.4, 0.5) is 29.6 Å². The van der Waals surface area contributed by atoms with E-state index in [2.05, 4.69) is 25.7 Å². The molecule has 3 heterocycles. The zero-order chi connectivity index (χ0) is 24.6. The highest BCUT2D eigenvalue weighted by atomic mass is 19.4. The summed E-state index contributed by atoms with van der Waals surface area (Å²) in [4.78, 5) is 32.0. The van der Waals surface area contributed by atoms with Crippen molar-refractivity contribution in [2.75, 3.05) is 11.1 Å². The minimum absolute atomic E-state index is 0.105. The smallest absolute Gasteiger partial charge is 0.419 e. The number of alkyl carbamates (subject to hydrolysis) is 1. The molecule has 10 nitrogen and oxygen atoms in total. The lowest BCUT2D eigenvalue weighted by Crippen LogP contribution is -2.44. The minimum atomic E-state index is -4.66. The summed E-state index contributed by atoms with van der Waals surface area (Å²) in [5.74, 6) is -1.05. The van der Waals surface area contributed by atoms with Gasteiger partial charge in [0.05, 0.1) is 17.5 Å². The molecule has 3 rings (SSSR count). The molecule has 0 saturated heterocycles. The van der Waals surface area contributed by atoms with Gasteiger partial charge in [-0.2, -0.15) is 18.3 Å². The van der Waals surface area contributed by atoms with Crippen LogP contribution in [0.25, 0.3) is 16.9 Å². The van der Waals surface area contributed by atoms with Gasteiger partial charge in [-0.3, -0.25) is 4.79 Å². The number of aromatic nitrogens is 4. The van der Waals surface area contributed by atoms with Crippen LogP contribution < -0.4 is 16.4 Å². The topological polar surface area (TPSA) is 137 Å². The Hall–Kier alpha value is -3.90. The molecular weight excluding hydrogens is 443 g/mol. The van der Waals surface area contributed by atoms with E-state index in [-0.39, 0.29) is 17.1 Å². The summed E-state index contributed by atoms with van der Waals surface area (Å²) in [6.07, 6.45) is -2.84. The lowest BCUT2D eigenvalue weighted by Gasteiger charge is -2.21. The maximum Gasteiger partial charge on any atom is 0.419 e. The standard InChI is InChI=1S/C20H22F3N7O3/c1-10(26-18(32)33-19(2,3)4)17(31)28-14-9-30-15(27-14)6-5-13(29-30)11-7-12(20(21,22)23)16(24)25-8-11/h5-10H,1-4H3,(H2,24,25)(H,26,32)(H,28,31)/t10-/m1/s1. The molecule has 0 aliphatic carbocycles. The molecule has 2 amide bonds. The molecule has 0 fully saturated rings. The lowest BCUT2D eigenvalue weighted by molar-refractivity contribution is -0.137. The molecule has 1 atom stereocenters. The van der Waals surface area contributed by atoms with E-state index < -0.39 is 41.2 Å². The molecular formula is C20H22F3N7O3. The molecule has 0 radical (unpaired) electrons. The molecule has 0 unspecified atom stereocenters. The second-order valence-corrected chi connectivity index (χ2v) is 8.16. The molecule has 0 saturated carbocycles. The minimum Gasteiger partial charge on any atom is -0.444 e. The third-order valence-corrected chi connectivity index (χ3v) is 4.22. The van der Waals surface area contributed by atoms with Crippen molar-refractivity contribution >= 4 is 29.3 Å². The van der Waals surface area contributed by atoms with E-state index in [1.54, 1.807) is 20.8 Å². The van der Waals surface area contributed by atoms with Crippen molar-refractivity contribution in [1.82, 2.24) is 24.9 Å². The van der Waals surface area contributed by atoms with Crippen LogP contribution in [0.1, 0.15) is 33.3 Å². The summed E-state index contributed by atoms with van der Waals surface area (Å²) in [6, 6.07) is 2.92. The largest absolute Gasteiger partial charge is 0.444 e. The molecule has 13 heteroatoms. The van der Waals surface area contributed by atoms with Crippen LogP contribution >= 0.6 is 0 Å². The Morgan fingerprint density at radius 1 is 1.21 bits per heavy atom. The number of nitrogens with one attached hydrogen (secondary N) is 2. The molecule has 0 bridgehead atoms. The van der Waals surface area contributed by atoms with E-state index in [1.807, 2.05) is 0 Å². The van der Waals surface area contributed by atoms with Crippen molar-refractivity contribution in [1.29, 1.82) is 0 Å². The molecule has 3 aromatic rings. The summed E-state index contributed by atoms with van der Waals surface area (Å²) in [6.45, 7) is 6.55. The fourth-order valence-corrected chi connectivity index (χ4v) is 2.72. The number of nitrogens with two attached hydrogens (primary N) is 1. The second kappa shape index (κ2) is 8.56. The maximum atomic E-state index is 13.1. The van der Waals surface area contributed by atoms with Gasteiger partial charge in [0.2, 0.25) is 5.91 Å². The van der Waals surface area contributed by atoms with E-state index >= 15 is 0 Å². The number of carbonyl (C=O) groups excluding carboxylic acids is 2. The van der Waals surface area contributed by atoms with Gasteiger partial charge in [0, 0.05) is 11.8 Å².